The van der Waals surface area contributed by atoms with Gasteiger partial charge in [0.25, 0.3) is 0 Å². The molecule has 0 amide bonds. The van der Waals surface area contributed by atoms with E-state index in [0.717, 1.165) is 0 Å². The highest BCUT2D eigenvalue weighted by atomic mass is 35.5. The van der Waals surface area contributed by atoms with Crippen molar-refractivity contribution in [3.05, 3.63) is 41.4 Å². The third kappa shape index (κ3) is 2.15. The molecule has 0 radical (unpaired) electrons. The Morgan fingerprint density at radius 3 is 2.89 bits per heavy atom. The van der Waals surface area contributed by atoms with Crippen molar-refractivity contribution in [1.82, 2.24) is 19.3 Å². The summed E-state index contributed by atoms with van der Waals surface area (Å²) in [5.74, 6) is -0.141. The molecule has 2 N–H and O–H groups in total. The number of halogens is 2. The van der Waals surface area contributed by atoms with Gasteiger partial charge in [0.1, 0.15) is 5.82 Å². The molecule has 0 saturated carbocycles. The van der Waals surface area contributed by atoms with Gasteiger partial charge in [-0.05, 0) is 12.1 Å². The predicted octanol–water partition coefficient (Wildman–Crippen LogP) is 2.31. The zero-order valence-corrected chi connectivity index (χ0v) is 10.7. The Bertz CT molecular complexity index is 719. The number of aromatic nitrogens is 4. The number of aryl methyl sites for hydroxylation is 2. The van der Waals surface area contributed by atoms with Crippen molar-refractivity contribution in [3.8, 4) is 0 Å². The molecule has 2 heterocycles. The summed E-state index contributed by atoms with van der Waals surface area (Å²) in [6.07, 6.45) is 3.56. The van der Waals surface area contributed by atoms with Crippen LogP contribution in [0.2, 0.25) is 5.02 Å². The topological polar surface area (TPSA) is 61.7 Å². The third-order valence-electron chi connectivity index (χ3n) is 2.93. The molecule has 0 saturated heterocycles. The molecule has 3 aromatic rings. The number of hydrogen-bond donors (Lipinski definition) is 1. The first-order valence-electron chi connectivity index (χ1n) is 5.73. The fraction of sp³-hybridized carbons (Fsp3) is 0.167. The second-order valence-electron chi connectivity index (χ2n) is 4.15. The summed E-state index contributed by atoms with van der Waals surface area (Å²) >= 11 is 5.73. The number of fused-ring (bicyclic) bond motifs is 1. The lowest BCUT2D eigenvalue weighted by atomic mass is 10.3. The number of rotatable bonds is 3. The van der Waals surface area contributed by atoms with Crippen molar-refractivity contribution in [2.45, 2.75) is 13.1 Å². The van der Waals surface area contributed by atoms with Crippen LogP contribution >= 0.6 is 11.6 Å². The van der Waals surface area contributed by atoms with Gasteiger partial charge in [-0.1, -0.05) is 11.6 Å². The molecule has 0 spiro atoms. The molecule has 0 aliphatic rings. The zero-order valence-electron chi connectivity index (χ0n) is 9.92. The van der Waals surface area contributed by atoms with Crippen LogP contribution in [0.3, 0.4) is 0 Å². The van der Waals surface area contributed by atoms with E-state index in [4.69, 9.17) is 17.3 Å². The summed E-state index contributed by atoms with van der Waals surface area (Å²) < 4.78 is 17.0. The Hall–Kier alpha value is -2.08. The molecule has 0 fully saturated rings. The molecule has 0 unspecified atom stereocenters. The first-order chi connectivity index (χ1) is 9.15. The van der Waals surface area contributed by atoms with Crippen molar-refractivity contribution in [2.75, 3.05) is 5.73 Å². The van der Waals surface area contributed by atoms with Crippen LogP contribution < -0.4 is 5.73 Å². The van der Waals surface area contributed by atoms with E-state index in [1.807, 2.05) is 12.3 Å². The lowest BCUT2D eigenvalue weighted by molar-refractivity contribution is 0.544. The molecular weight excluding hydrogens is 269 g/mol. The maximum absolute atomic E-state index is 13.5. The Kier molecular flexibility index (Phi) is 2.87. The molecule has 0 bridgehead atoms. The van der Waals surface area contributed by atoms with Crippen LogP contribution in [0.5, 0.6) is 0 Å². The summed E-state index contributed by atoms with van der Waals surface area (Å²) in [4.78, 5) is 4.17. The smallest absolute Gasteiger partial charge is 0.201 e. The van der Waals surface area contributed by atoms with Gasteiger partial charge in [0.2, 0.25) is 5.95 Å². The van der Waals surface area contributed by atoms with Gasteiger partial charge in [-0.3, -0.25) is 4.68 Å². The standard InChI is InChI=1S/C12H11ClFN5/c13-8-6-10-11(7-9(8)14)19(12(15)17-10)5-4-18-3-1-2-16-18/h1-3,6-7H,4-5H2,(H2,15,17). The number of anilines is 1. The fourth-order valence-corrected chi connectivity index (χ4v) is 2.17. The van der Waals surface area contributed by atoms with Gasteiger partial charge in [0, 0.05) is 25.0 Å². The second kappa shape index (κ2) is 4.55. The van der Waals surface area contributed by atoms with Crippen LogP contribution in [0.4, 0.5) is 10.3 Å². The van der Waals surface area contributed by atoms with Crippen LogP contribution in [0.15, 0.2) is 30.6 Å². The van der Waals surface area contributed by atoms with E-state index >= 15 is 0 Å². The molecule has 0 atom stereocenters. The van der Waals surface area contributed by atoms with Gasteiger partial charge in [0.05, 0.1) is 22.6 Å². The number of hydrogen-bond acceptors (Lipinski definition) is 3. The summed E-state index contributed by atoms with van der Waals surface area (Å²) in [7, 11) is 0. The number of imidazole rings is 1. The maximum Gasteiger partial charge on any atom is 0.201 e. The molecule has 0 aliphatic heterocycles. The van der Waals surface area contributed by atoms with Crippen molar-refractivity contribution >= 4 is 28.6 Å². The quantitative estimate of drug-likeness (QED) is 0.800. The van der Waals surface area contributed by atoms with Crippen molar-refractivity contribution in [1.29, 1.82) is 0 Å². The predicted molar refractivity (Wildman–Crippen MR) is 71.3 cm³/mol. The fourth-order valence-electron chi connectivity index (χ4n) is 2.01. The highest BCUT2D eigenvalue weighted by molar-refractivity contribution is 6.31. The summed E-state index contributed by atoms with van der Waals surface area (Å²) in [6, 6.07) is 4.67. The molecule has 1 aromatic carbocycles. The zero-order chi connectivity index (χ0) is 13.4. The number of benzene rings is 1. The minimum atomic E-state index is -0.477. The molecule has 7 heteroatoms. The van der Waals surface area contributed by atoms with Crippen LogP contribution in [0.1, 0.15) is 0 Å². The maximum atomic E-state index is 13.5. The average Bonchev–Trinajstić information content (AvgIpc) is 2.96. The summed E-state index contributed by atoms with van der Waals surface area (Å²) in [5, 5.41) is 4.15. The Labute approximate surface area is 113 Å². The second-order valence-corrected chi connectivity index (χ2v) is 4.55. The van der Waals surface area contributed by atoms with E-state index in [0.29, 0.717) is 30.1 Å². The highest BCUT2D eigenvalue weighted by Crippen LogP contribution is 2.24. The van der Waals surface area contributed by atoms with Crippen molar-refractivity contribution < 1.29 is 4.39 Å². The van der Waals surface area contributed by atoms with E-state index < -0.39 is 5.82 Å². The minimum absolute atomic E-state index is 0.0456. The number of nitrogens with zero attached hydrogens (tertiary/aromatic N) is 4. The van der Waals surface area contributed by atoms with Gasteiger partial charge in [-0.15, -0.1) is 0 Å². The molecular formula is C12H11ClFN5. The normalized spacial score (nSPS) is 11.3. The Morgan fingerprint density at radius 1 is 1.32 bits per heavy atom. The minimum Gasteiger partial charge on any atom is -0.369 e. The Balaban J connectivity index is 1.98. The van der Waals surface area contributed by atoms with Crippen LogP contribution in [0.25, 0.3) is 11.0 Å². The van der Waals surface area contributed by atoms with Gasteiger partial charge in [-0.25, -0.2) is 9.37 Å². The lowest BCUT2D eigenvalue weighted by Gasteiger charge is -2.06. The molecule has 0 aliphatic carbocycles. The molecule has 5 nitrogen and oxygen atoms in total. The Morgan fingerprint density at radius 2 is 2.16 bits per heavy atom. The van der Waals surface area contributed by atoms with Crippen molar-refractivity contribution in [3.63, 3.8) is 0 Å². The number of nitrogens with two attached hydrogens (primary N) is 1. The van der Waals surface area contributed by atoms with Crippen LogP contribution in [-0.4, -0.2) is 19.3 Å². The molecule has 2 aromatic heterocycles. The highest BCUT2D eigenvalue weighted by Gasteiger charge is 2.11. The first kappa shape index (κ1) is 12.0. The third-order valence-corrected chi connectivity index (χ3v) is 3.22. The van der Waals surface area contributed by atoms with Crippen molar-refractivity contribution in [2.24, 2.45) is 0 Å². The number of nitrogen functional groups attached to an aromatic ring is 1. The summed E-state index contributed by atoms with van der Waals surface area (Å²) in [6.45, 7) is 1.19. The molecule has 98 valence electrons. The monoisotopic (exact) mass is 279 g/mol. The van der Waals surface area contributed by atoms with E-state index in [1.165, 1.54) is 12.1 Å². The average molecular weight is 280 g/mol. The van der Waals surface area contributed by atoms with Gasteiger partial charge < -0.3 is 10.3 Å². The van der Waals surface area contributed by atoms with E-state index in [1.54, 1.807) is 15.4 Å². The summed E-state index contributed by atoms with van der Waals surface area (Å²) in [5.41, 5.74) is 7.07. The SMILES string of the molecule is Nc1nc2cc(Cl)c(F)cc2n1CCn1cccn1. The lowest BCUT2D eigenvalue weighted by Crippen LogP contribution is -2.10. The van der Waals surface area contributed by atoms with Crippen LogP contribution in [-0.2, 0) is 13.1 Å². The van der Waals surface area contributed by atoms with Gasteiger partial charge in [-0.2, -0.15) is 5.10 Å². The van der Waals surface area contributed by atoms with E-state index in [9.17, 15) is 4.39 Å². The molecule has 19 heavy (non-hydrogen) atoms. The van der Waals surface area contributed by atoms with Gasteiger partial charge >= 0.3 is 0 Å². The first-order valence-corrected chi connectivity index (χ1v) is 6.11. The largest absolute Gasteiger partial charge is 0.369 e. The van der Waals surface area contributed by atoms with Crippen LogP contribution in [0, 0.1) is 5.82 Å². The van der Waals surface area contributed by atoms with E-state index in [-0.39, 0.29) is 5.02 Å². The molecule has 3 rings (SSSR count). The van der Waals surface area contributed by atoms with E-state index in [2.05, 4.69) is 10.1 Å². The van der Waals surface area contributed by atoms with Gasteiger partial charge in [0.15, 0.2) is 0 Å².